The van der Waals surface area contributed by atoms with Crippen molar-refractivity contribution >= 4 is 21.8 Å². The van der Waals surface area contributed by atoms with E-state index in [1.807, 2.05) is 16.9 Å². The number of hydrogen-bond donors (Lipinski definition) is 2. The van der Waals surface area contributed by atoms with Gasteiger partial charge in [0.15, 0.2) is 0 Å². The maximum Gasteiger partial charge on any atom is 0.265 e. The number of nitrogens with two attached hydrogens (primary N) is 1. The van der Waals surface area contributed by atoms with Crippen LogP contribution in [0.15, 0.2) is 34.9 Å². The second-order valence-electron chi connectivity index (χ2n) is 4.99. The normalized spacial score (nSPS) is 14.3. The molecule has 1 aliphatic carbocycles. The van der Waals surface area contributed by atoms with E-state index in [0.29, 0.717) is 18.0 Å². The van der Waals surface area contributed by atoms with Gasteiger partial charge in [0.1, 0.15) is 0 Å². The highest BCUT2D eigenvalue weighted by atomic mass is 79.9. The van der Waals surface area contributed by atoms with Gasteiger partial charge in [-0.3, -0.25) is 14.9 Å². The number of nitrogen functional groups attached to an aromatic ring is 1. The van der Waals surface area contributed by atoms with Crippen LogP contribution in [0.3, 0.4) is 0 Å². The van der Waals surface area contributed by atoms with Crippen molar-refractivity contribution < 1.29 is 4.79 Å². The van der Waals surface area contributed by atoms with Gasteiger partial charge < -0.3 is 0 Å². The molecule has 1 amide bonds. The van der Waals surface area contributed by atoms with E-state index in [2.05, 4.69) is 32.5 Å². The van der Waals surface area contributed by atoms with Gasteiger partial charge in [-0.2, -0.15) is 5.10 Å². The maximum atomic E-state index is 11.4. The van der Waals surface area contributed by atoms with Crippen molar-refractivity contribution in [3.05, 3.63) is 51.8 Å². The highest BCUT2D eigenvalue weighted by Crippen LogP contribution is 2.38. The molecule has 20 heavy (non-hydrogen) atoms. The SMILES string of the molecule is NNC(=O)c1ccc(Cn2ccc(C3CC3)n2)c(Br)c1. The Kier molecular flexibility index (Phi) is 3.58. The Morgan fingerprint density at radius 2 is 2.25 bits per heavy atom. The molecule has 104 valence electrons. The summed E-state index contributed by atoms with van der Waals surface area (Å²) in [6.45, 7) is 0.678. The summed E-state index contributed by atoms with van der Waals surface area (Å²) in [6, 6.07) is 7.52. The van der Waals surface area contributed by atoms with E-state index in [4.69, 9.17) is 5.84 Å². The van der Waals surface area contributed by atoms with Gasteiger partial charge in [0.05, 0.1) is 12.2 Å². The summed E-state index contributed by atoms with van der Waals surface area (Å²) in [5.74, 6) is 5.49. The van der Waals surface area contributed by atoms with Crippen LogP contribution >= 0.6 is 15.9 Å². The Hall–Kier alpha value is -1.66. The van der Waals surface area contributed by atoms with Crippen molar-refractivity contribution in [2.75, 3.05) is 0 Å². The molecular formula is C14H15BrN4O. The lowest BCUT2D eigenvalue weighted by molar-refractivity contribution is 0.0953. The summed E-state index contributed by atoms with van der Waals surface area (Å²) in [5.41, 5.74) is 4.91. The first kappa shape index (κ1) is 13.3. The third-order valence-corrected chi connectivity index (χ3v) is 4.17. The predicted molar refractivity (Wildman–Crippen MR) is 79.1 cm³/mol. The number of carbonyl (C=O) groups excluding carboxylic acids is 1. The highest BCUT2D eigenvalue weighted by molar-refractivity contribution is 9.10. The van der Waals surface area contributed by atoms with Crippen LogP contribution in [0.5, 0.6) is 0 Å². The molecule has 1 fully saturated rings. The number of nitrogens with one attached hydrogen (secondary N) is 1. The standard InChI is InChI=1S/C14H15BrN4O/c15-12-7-10(14(20)17-16)3-4-11(12)8-19-6-5-13(18-19)9-1-2-9/h3-7,9H,1-2,8,16H2,(H,17,20). The molecule has 1 aromatic carbocycles. The fourth-order valence-electron chi connectivity index (χ4n) is 2.14. The van der Waals surface area contributed by atoms with Crippen molar-refractivity contribution in [3.8, 4) is 0 Å². The van der Waals surface area contributed by atoms with E-state index in [0.717, 1.165) is 10.0 Å². The van der Waals surface area contributed by atoms with Crippen LogP contribution in [0.4, 0.5) is 0 Å². The van der Waals surface area contributed by atoms with Gasteiger partial charge in [-0.25, -0.2) is 5.84 Å². The van der Waals surface area contributed by atoms with Crippen molar-refractivity contribution in [1.29, 1.82) is 0 Å². The van der Waals surface area contributed by atoms with Gasteiger partial charge in [-0.05, 0) is 36.6 Å². The smallest absolute Gasteiger partial charge is 0.265 e. The Morgan fingerprint density at radius 1 is 1.45 bits per heavy atom. The number of hydrogen-bond acceptors (Lipinski definition) is 3. The molecule has 3 rings (SSSR count). The number of benzene rings is 1. The molecule has 0 atom stereocenters. The minimum Gasteiger partial charge on any atom is -0.290 e. The Morgan fingerprint density at radius 3 is 2.90 bits per heavy atom. The monoisotopic (exact) mass is 334 g/mol. The summed E-state index contributed by atoms with van der Waals surface area (Å²) >= 11 is 3.49. The van der Waals surface area contributed by atoms with E-state index >= 15 is 0 Å². The maximum absolute atomic E-state index is 11.4. The largest absolute Gasteiger partial charge is 0.290 e. The lowest BCUT2D eigenvalue weighted by Gasteiger charge is -2.07. The first-order valence-corrected chi connectivity index (χ1v) is 7.29. The van der Waals surface area contributed by atoms with Crippen LogP contribution in [0, 0.1) is 0 Å². The third-order valence-electron chi connectivity index (χ3n) is 3.44. The number of halogens is 1. The summed E-state index contributed by atoms with van der Waals surface area (Å²) in [4.78, 5) is 11.4. The topological polar surface area (TPSA) is 72.9 Å². The molecule has 1 heterocycles. The lowest BCUT2D eigenvalue weighted by Crippen LogP contribution is -2.29. The Balaban J connectivity index is 1.77. The summed E-state index contributed by atoms with van der Waals surface area (Å²) in [5, 5.41) is 4.58. The number of nitrogens with zero attached hydrogens (tertiary/aromatic N) is 2. The van der Waals surface area contributed by atoms with Gasteiger partial charge >= 0.3 is 0 Å². The highest BCUT2D eigenvalue weighted by Gasteiger charge is 2.25. The number of aromatic nitrogens is 2. The van der Waals surface area contributed by atoms with Gasteiger partial charge in [0, 0.05) is 22.2 Å². The molecule has 2 aromatic rings. The molecule has 0 aliphatic heterocycles. The van der Waals surface area contributed by atoms with Crippen molar-refractivity contribution in [2.24, 2.45) is 5.84 Å². The summed E-state index contributed by atoms with van der Waals surface area (Å²) in [6.07, 6.45) is 4.51. The molecule has 0 saturated heterocycles. The lowest BCUT2D eigenvalue weighted by atomic mass is 10.1. The van der Waals surface area contributed by atoms with E-state index < -0.39 is 0 Å². The number of amides is 1. The third kappa shape index (κ3) is 2.76. The fourth-order valence-corrected chi connectivity index (χ4v) is 2.64. The average molecular weight is 335 g/mol. The van der Waals surface area contributed by atoms with Crippen LogP contribution in [-0.2, 0) is 6.54 Å². The molecule has 0 bridgehead atoms. The van der Waals surface area contributed by atoms with E-state index in [-0.39, 0.29) is 5.91 Å². The molecule has 0 unspecified atom stereocenters. The molecule has 1 saturated carbocycles. The van der Waals surface area contributed by atoms with Crippen molar-refractivity contribution in [1.82, 2.24) is 15.2 Å². The Labute approximate surface area is 125 Å². The fraction of sp³-hybridized carbons (Fsp3) is 0.286. The first-order valence-electron chi connectivity index (χ1n) is 6.50. The average Bonchev–Trinajstić information content (AvgIpc) is 3.20. The molecule has 6 heteroatoms. The number of rotatable bonds is 4. The van der Waals surface area contributed by atoms with Crippen LogP contribution < -0.4 is 11.3 Å². The van der Waals surface area contributed by atoms with Crippen LogP contribution in [-0.4, -0.2) is 15.7 Å². The van der Waals surface area contributed by atoms with Crippen LogP contribution in [0.1, 0.15) is 40.4 Å². The van der Waals surface area contributed by atoms with Crippen LogP contribution in [0.2, 0.25) is 0 Å². The van der Waals surface area contributed by atoms with Gasteiger partial charge in [-0.1, -0.05) is 22.0 Å². The van der Waals surface area contributed by atoms with E-state index in [9.17, 15) is 4.79 Å². The molecular weight excluding hydrogens is 320 g/mol. The van der Waals surface area contributed by atoms with Gasteiger partial charge in [-0.15, -0.1) is 0 Å². The second-order valence-corrected chi connectivity index (χ2v) is 5.85. The second kappa shape index (κ2) is 5.38. The van der Waals surface area contributed by atoms with Gasteiger partial charge in [0.2, 0.25) is 0 Å². The Bertz CT molecular complexity index is 648. The summed E-state index contributed by atoms with van der Waals surface area (Å²) < 4.78 is 2.80. The molecule has 0 spiro atoms. The molecule has 0 radical (unpaired) electrons. The van der Waals surface area contributed by atoms with Gasteiger partial charge in [0.25, 0.3) is 5.91 Å². The number of hydrazine groups is 1. The number of carbonyl (C=O) groups is 1. The zero-order valence-electron chi connectivity index (χ0n) is 10.8. The first-order chi connectivity index (χ1) is 9.67. The van der Waals surface area contributed by atoms with Crippen molar-refractivity contribution in [3.63, 3.8) is 0 Å². The minimum atomic E-state index is -0.299. The summed E-state index contributed by atoms with van der Waals surface area (Å²) in [7, 11) is 0. The van der Waals surface area contributed by atoms with Crippen LogP contribution in [0.25, 0.3) is 0 Å². The van der Waals surface area contributed by atoms with Crippen molar-refractivity contribution in [2.45, 2.75) is 25.3 Å². The molecule has 1 aliphatic rings. The zero-order chi connectivity index (χ0) is 14.1. The molecule has 1 aromatic heterocycles. The predicted octanol–water partition coefficient (Wildman–Crippen LogP) is 2.17. The van der Waals surface area contributed by atoms with E-state index in [1.54, 1.807) is 12.1 Å². The molecule has 5 nitrogen and oxygen atoms in total. The minimum absolute atomic E-state index is 0.299. The van der Waals surface area contributed by atoms with E-state index in [1.165, 1.54) is 18.5 Å². The molecule has 3 N–H and O–H groups in total. The zero-order valence-corrected chi connectivity index (χ0v) is 12.4. The quantitative estimate of drug-likeness (QED) is 0.511.